The van der Waals surface area contributed by atoms with Crippen molar-refractivity contribution in [1.82, 2.24) is 24.5 Å². The second-order valence-electron chi connectivity index (χ2n) is 8.15. The molecule has 2 atom stereocenters. The Bertz CT molecular complexity index is 1130. The van der Waals surface area contributed by atoms with Gasteiger partial charge >= 0.3 is 6.09 Å². The third kappa shape index (κ3) is 4.12. The summed E-state index contributed by atoms with van der Waals surface area (Å²) >= 11 is 5.99. The summed E-state index contributed by atoms with van der Waals surface area (Å²) in [5.41, 5.74) is 1.80. The lowest BCUT2D eigenvalue weighted by molar-refractivity contribution is 0.178. The molecule has 3 heterocycles. The van der Waals surface area contributed by atoms with Crippen molar-refractivity contribution in [2.24, 2.45) is 0 Å². The van der Waals surface area contributed by atoms with E-state index in [0.29, 0.717) is 35.3 Å². The fourth-order valence-electron chi connectivity index (χ4n) is 3.67. The summed E-state index contributed by atoms with van der Waals surface area (Å²) in [6.45, 7) is 4.36. The molecule has 2 aliphatic rings. The lowest BCUT2D eigenvalue weighted by atomic mass is 10.2. The number of nitrogens with zero attached hydrogens (tertiary/aromatic N) is 6. The molecule has 1 saturated heterocycles. The highest BCUT2D eigenvalue weighted by atomic mass is 35.5. The first-order valence-corrected chi connectivity index (χ1v) is 11.2. The first kappa shape index (κ1) is 20.7. The molecule has 9 nitrogen and oxygen atoms in total. The Morgan fingerprint density at radius 3 is 2.72 bits per heavy atom. The number of carbonyl (C=O) groups is 1. The highest BCUT2D eigenvalue weighted by molar-refractivity contribution is 6.30. The second kappa shape index (κ2) is 8.38. The van der Waals surface area contributed by atoms with Crippen molar-refractivity contribution in [3.8, 4) is 5.69 Å². The van der Waals surface area contributed by atoms with Crippen LogP contribution in [0.3, 0.4) is 0 Å². The summed E-state index contributed by atoms with van der Waals surface area (Å²) in [4.78, 5) is 32.2. The van der Waals surface area contributed by atoms with Gasteiger partial charge < -0.3 is 14.6 Å². The Kier molecular flexibility index (Phi) is 5.42. The molecule has 3 aromatic rings. The standard InChI is InChI=1S/C22H24ClN7O2/c1-3-16-11-32-22(31)30(16)21-27-19(14-4-5-14)26-20(28-21)25-13(2)18-10-29(12-24-18)17-8-6-15(23)7-9-17/h6-10,12-14,16H,3-5,11H2,1-2H3,(H,25,26,27,28)/t13-,16-/m0/s1. The molecule has 0 unspecified atom stereocenters. The van der Waals surface area contributed by atoms with E-state index in [9.17, 15) is 4.79 Å². The Morgan fingerprint density at radius 1 is 1.22 bits per heavy atom. The maximum atomic E-state index is 12.3. The van der Waals surface area contributed by atoms with E-state index in [1.165, 1.54) is 0 Å². The van der Waals surface area contributed by atoms with Crippen molar-refractivity contribution in [3.63, 3.8) is 0 Å². The number of carbonyl (C=O) groups excluding carboxylic acids is 1. The smallest absolute Gasteiger partial charge is 0.417 e. The summed E-state index contributed by atoms with van der Waals surface area (Å²) in [6.07, 6.45) is 6.16. The summed E-state index contributed by atoms with van der Waals surface area (Å²) in [5, 5.41) is 4.02. The number of cyclic esters (lactones) is 1. The Balaban J connectivity index is 1.39. The molecule has 5 rings (SSSR count). The number of hydrogen-bond donors (Lipinski definition) is 1. The molecule has 2 aromatic heterocycles. The molecule has 1 aromatic carbocycles. The van der Waals surface area contributed by atoms with Crippen molar-refractivity contribution in [2.75, 3.05) is 16.8 Å². The van der Waals surface area contributed by atoms with Crippen LogP contribution in [0.15, 0.2) is 36.8 Å². The fraction of sp³-hybridized carbons (Fsp3) is 0.409. The van der Waals surface area contributed by atoms with Crippen molar-refractivity contribution in [1.29, 1.82) is 0 Å². The highest BCUT2D eigenvalue weighted by Crippen LogP contribution is 2.39. The van der Waals surface area contributed by atoms with Crippen molar-refractivity contribution in [2.45, 2.75) is 51.1 Å². The molecule has 166 valence electrons. The lowest BCUT2D eigenvalue weighted by Crippen LogP contribution is -2.35. The van der Waals surface area contributed by atoms with Crippen molar-refractivity contribution >= 4 is 29.6 Å². The first-order valence-electron chi connectivity index (χ1n) is 10.8. The summed E-state index contributed by atoms with van der Waals surface area (Å²) in [6, 6.07) is 7.33. The van der Waals surface area contributed by atoms with Crippen LogP contribution >= 0.6 is 11.6 Å². The number of aromatic nitrogens is 5. The number of anilines is 2. The first-order chi connectivity index (χ1) is 15.5. The molecule has 0 spiro atoms. The summed E-state index contributed by atoms with van der Waals surface area (Å²) < 4.78 is 7.16. The molecule has 1 aliphatic heterocycles. The number of rotatable bonds is 7. The van der Waals surface area contributed by atoms with Gasteiger partial charge in [-0.3, -0.25) is 0 Å². The monoisotopic (exact) mass is 453 g/mol. The van der Waals surface area contributed by atoms with Crippen LogP contribution in [0.4, 0.5) is 16.7 Å². The lowest BCUT2D eigenvalue weighted by Gasteiger charge is -2.20. The Hall–Kier alpha value is -3.20. The average molecular weight is 454 g/mol. The number of nitrogens with one attached hydrogen (secondary N) is 1. The topological polar surface area (TPSA) is 98.1 Å². The van der Waals surface area contributed by atoms with Crippen LogP contribution in [0.25, 0.3) is 5.69 Å². The SMILES string of the molecule is CC[C@H]1COC(=O)N1c1nc(N[C@@H](C)c2cn(-c3ccc(Cl)cc3)cn2)nc(C2CC2)n1. The molecule has 0 bridgehead atoms. The van der Waals surface area contributed by atoms with E-state index in [1.807, 2.05) is 48.9 Å². The number of ether oxygens (including phenoxy) is 1. The minimum absolute atomic E-state index is 0.0719. The molecule has 1 aliphatic carbocycles. The van der Waals surface area contributed by atoms with E-state index in [4.69, 9.17) is 16.3 Å². The van der Waals surface area contributed by atoms with E-state index in [0.717, 1.165) is 30.6 Å². The van der Waals surface area contributed by atoms with Gasteiger partial charge in [0.25, 0.3) is 0 Å². The Labute approximate surface area is 190 Å². The van der Waals surface area contributed by atoms with E-state index in [-0.39, 0.29) is 12.1 Å². The van der Waals surface area contributed by atoms with Crippen LogP contribution in [0.5, 0.6) is 0 Å². The number of halogens is 1. The van der Waals surface area contributed by atoms with Gasteiger partial charge in [-0.25, -0.2) is 14.7 Å². The van der Waals surface area contributed by atoms with Crippen LogP contribution in [0, 0.1) is 0 Å². The van der Waals surface area contributed by atoms with Gasteiger partial charge in [0.05, 0.1) is 24.1 Å². The van der Waals surface area contributed by atoms with Gasteiger partial charge in [0, 0.05) is 22.8 Å². The number of amides is 1. The highest BCUT2D eigenvalue weighted by Gasteiger charge is 2.37. The second-order valence-corrected chi connectivity index (χ2v) is 8.59. The Morgan fingerprint density at radius 2 is 2.00 bits per heavy atom. The minimum atomic E-state index is -0.412. The fourth-order valence-corrected chi connectivity index (χ4v) is 3.79. The zero-order valence-electron chi connectivity index (χ0n) is 17.9. The normalized spacial score (nSPS) is 19.2. The van der Waals surface area contributed by atoms with Gasteiger partial charge in [-0.05, 0) is 50.5 Å². The van der Waals surface area contributed by atoms with E-state index < -0.39 is 6.09 Å². The van der Waals surface area contributed by atoms with E-state index in [1.54, 1.807) is 11.2 Å². The molecular weight excluding hydrogens is 430 g/mol. The maximum Gasteiger partial charge on any atom is 0.417 e. The third-order valence-corrected chi connectivity index (χ3v) is 6.00. The zero-order valence-corrected chi connectivity index (χ0v) is 18.7. The quantitative estimate of drug-likeness (QED) is 0.562. The minimum Gasteiger partial charge on any atom is -0.447 e. The molecule has 2 fully saturated rings. The van der Waals surface area contributed by atoms with Crippen LogP contribution in [0.1, 0.15) is 56.6 Å². The number of benzene rings is 1. The summed E-state index contributed by atoms with van der Waals surface area (Å²) in [7, 11) is 0. The molecule has 1 saturated carbocycles. The molecule has 1 N–H and O–H groups in total. The maximum absolute atomic E-state index is 12.3. The predicted molar refractivity (Wildman–Crippen MR) is 120 cm³/mol. The van der Waals surface area contributed by atoms with Gasteiger partial charge in [-0.2, -0.15) is 15.0 Å². The van der Waals surface area contributed by atoms with Gasteiger partial charge in [0.15, 0.2) is 0 Å². The number of hydrogen-bond acceptors (Lipinski definition) is 7. The van der Waals surface area contributed by atoms with Crippen molar-refractivity contribution in [3.05, 3.63) is 53.3 Å². The molecule has 0 radical (unpaired) electrons. The van der Waals surface area contributed by atoms with Gasteiger partial charge in [-0.1, -0.05) is 18.5 Å². The molecular formula is C22H24ClN7O2. The third-order valence-electron chi connectivity index (χ3n) is 5.75. The van der Waals surface area contributed by atoms with Crippen molar-refractivity contribution < 1.29 is 9.53 Å². The van der Waals surface area contributed by atoms with E-state index >= 15 is 0 Å². The summed E-state index contributed by atoms with van der Waals surface area (Å²) in [5.74, 6) is 1.80. The van der Waals surface area contributed by atoms with Crippen LogP contribution in [-0.2, 0) is 4.74 Å². The van der Waals surface area contributed by atoms with Gasteiger partial charge in [-0.15, -0.1) is 0 Å². The van der Waals surface area contributed by atoms with Crippen LogP contribution in [-0.4, -0.2) is 43.2 Å². The molecule has 32 heavy (non-hydrogen) atoms. The van der Waals surface area contributed by atoms with Crippen LogP contribution < -0.4 is 10.2 Å². The largest absolute Gasteiger partial charge is 0.447 e. The molecule has 1 amide bonds. The van der Waals surface area contributed by atoms with Crippen LogP contribution in [0.2, 0.25) is 5.02 Å². The number of imidazole rings is 1. The zero-order chi connectivity index (χ0) is 22.2. The average Bonchev–Trinajstić information content (AvgIpc) is 3.40. The van der Waals surface area contributed by atoms with E-state index in [2.05, 4.69) is 25.3 Å². The predicted octanol–water partition coefficient (Wildman–Crippen LogP) is 4.50. The molecule has 10 heteroatoms. The van der Waals surface area contributed by atoms with Gasteiger partial charge in [0.2, 0.25) is 11.9 Å². The van der Waals surface area contributed by atoms with Gasteiger partial charge in [0.1, 0.15) is 12.4 Å².